The van der Waals surface area contributed by atoms with E-state index in [2.05, 4.69) is 42.5 Å². The standard InChI is InChI=1S/C29H31N5O2/c1-19(2)28-31-26(27(32-28)25-9-4-6-20(3)30-25)24-8-5-7-23(18-24)21-10-12-22(13-11-21)29(35)33-34-14-16-36-17-15-34/h4-13,18-19H,14-17H2,1-3H3,(H,31,32)(H,33,35). The largest absolute Gasteiger partial charge is 0.379 e. The number of nitrogens with zero attached hydrogens (tertiary/aromatic N) is 3. The zero-order valence-electron chi connectivity index (χ0n) is 20.9. The van der Waals surface area contributed by atoms with E-state index < -0.39 is 0 Å². The highest BCUT2D eigenvalue weighted by Gasteiger charge is 2.18. The Labute approximate surface area is 211 Å². The molecule has 3 heterocycles. The number of rotatable bonds is 6. The van der Waals surface area contributed by atoms with Crippen LogP contribution in [0.3, 0.4) is 0 Å². The van der Waals surface area contributed by atoms with E-state index in [0.717, 1.165) is 45.3 Å². The van der Waals surface area contributed by atoms with E-state index in [0.29, 0.717) is 31.9 Å². The van der Waals surface area contributed by atoms with Crippen molar-refractivity contribution in [2.45, 2.75) is 26.7 Å². The normalized spacial score (nSPS) is 14.2. The summed E-state index contributed by atoms with van der Waals surface area (Å²) in [7, 11) is 0. The van der Waals surface area contributed by atoms with Gasteiger partial charge in [0.2, 0.25) is 0 Å². The van der Waals surface area contributed by atoms with E-state index in [1.54, 1.807) is 0 Å². The summed E-state index contributed by atoms with van der Waals surface area (Å²) >= 11 is 0. The molecule has 0 atom stereocenters. The number of benzene rings is 2. The van der Waals surface area contributed by atoms with E-state index in [9.17, 15) is 4.79 Å². The Hall–Kier alpha value is -3.81. The first-order valence-corrected chi connectivity index (χ1v) is 12.4. The van der Waals surface area contributed by atoms with Crippen molar-refractivity contribution in [2.24, 2.45) is 0 Å². The number of aromatic nitrogens is 3. The molecule has 7 heteroatoms. The maximum absolute atomic E-state index is 12.6. The Morgan fingerprint density at radius 3 is 2.39 bits per heavy atom. The predicted molar refractivity (Wildman–Crippen MR) is 141 cm³/mol. The zero-order valence-corrected chi connectivity index (χ0v) is 20.9. The SMILES string of the molecule is Cc1cccc(-c2[nH]c(C(C)C)nc2-c2cccc(-c3ccc(C(=O)NN4CCOCC4)cc3)c2)n1. The summed E-state index contributed by atoms with van der Waals surface area (Å²) in [5, 5.41) is 1.90. The van der Waals surface area contributed by atoms with Crippen molar-refractivity contribution < 1.29 is 9.53 Å². The van der Waals surface area contributed by atoms with Gasteiger partial charge in [0, 0.05) is 35.8 Å². The first-order chi connectivity index (χ1) is 17.5. The Morgan fingerprint density at radius 1 is 0.944 bits per heavy atom. The Kier molecular flexibility index (Phi) is 6.93. The highest BCUT2D eigenvalue weighted by molar-refractivity contribution is 5.94. The van der Waals surface area contributed by atoms with Gasteiger partial charge in [-0.25, -0.2) is 9.99 Å². The van der Waals surface area contributed by atoms with Gasteiger partial charge in [0.05, 0.1) is 30.3 Å². The number of hydrazine groups is 1. The molecule has 0 saturated carbocycles. The molecule has 2 aromatic heterocycles. The molecule has 2 N–H and O–H groups in total. The third-order valence-electron chi connectivity index (χ3n) is 6.30. The lowest BCUT2D eigenvalue weighted by Gasteiger charge is -2.26. The summed E-state index contributed by atoms with van der Waals surface area (Å²) < 4.78 is 5.34. The van der Waals surface area contributed by atoms with Crippen molar-refractivity contribution in [1.82, 2.24) is 25.4 Å². The average molecular weight is 482 g/mol. The molecule has 0 bridgehead atoms. The quantitative estimate of drug-likeness (QED) is 0.395. The molecule has 1 aliphatic heterocycles. The number of morpholine rings is 1. The highest BCUT2D eigenvalue weighted by Crippen LogP contribution is 2.33. The topological polar surface area (TPSA) is 83.1 Å². The zero-order chi connectivity index (χ0) is 25.1. The van der Waals surface area contributed by atoms with Gasteiger partial charge in [-0.3, -0.25) is 15.2 Å². The number of H-pyrrole nitrogens is 1. The molecule has 1 fully saturated rings. The van der Waals surface area contributed by atoms with E-state index in [1.807, 2.05) is 60.5 Å². The number of carbonyl (C=O) groups excluding carboxylic acids is 1. The van der Waals surface area contributed by atoms with Crippen molar-refractivity contribution in [3.8, 4) is 33.8 Å². The van der Waals surface area contributed by atoms with Crippen LogP contribution in [-0.2, 0) is 4.74 Å². The number of ether oxygens (including phenoxy) is 1. The number of nitrogens with one attached hydrogen (secondary N) is 2. The second kappa shape index (κ2) is 10.4. The molecule has 2 aromatic carbocycles. The summed E-state index contributed by atoms with van der Waals surface area (Å²) in [4.78, 5) is 25.8. The molecule has 1 saturated heterocycles. The van der Waals surface area contributed by atoms with Crippen LogP contribution in [0.5, 0.6) is 0 Å². The predicted octanol–water partition coefficient (Wildman–Crippen LogP) is 5.21. The van der Waals surface area contributed by atoms with Crippen molar-refractivity contribution >= 4 is 5.91 Å². The summed E-state index contributed by atoms with van der Waals surface area (Å²) in [5.41, 5.74) is 10.4. The average Bonchev–Trinajstić information content (AvgIpc) is 3.36. The number of pyridine rings is 1. The van der Waals surface area contributed by atoms with Gasteiger partial charge in [-0.2, -0.15) is 0 Å². The van der Waals surface area contributed by atoms with Gasteiger partial charge >= 0.3 is 0 Å². The summed E-state index contributed by atoms with van der Waals surface area (Å²) in [5.74, 6) is 1.09. The van der Waals surface area contributed by atoms with Crippen LogP contribution in [0.1, 0.15) is 41.6 Å². The maximum atomic E-state index is 12.6. The van der Waals surface area contributed by atoms with Crippen LogP contribution in [0.15, 0.2) is 66.7 Å². The molecule has 0 aliphatic carbocycles. The highest BCUT2D eigenvalue weighted by atomic mass is 16.5. The minimum atomic E-state index is -0.106. The number of carbonyl (C=O) groups is 1. The number of amides is 1. The van der Waals surface area contributed by atoms with Crippen LogP contribution in [0, 0.1) is 6.92 Å². The monoisotopic (exact) mass is 481 g/mol. The number of aromatic amines is 1. The molecule has 184 valence electrons. The molecule has 7 nitrogen and oxygen atoms in total. The van der Waals surface area contributed by atoms with Crippen molar-refractivity contribution in [3.05, 3.63) is 83.8 Å². The van der Waals surface area contributed by atoms with Crippen LogP contribution in [0.4, 0.5) is 0 Å². The lowest BCUT2D eigenvalue weighted by Crippen LogP contribution is -2.48. The lowest BCUT2D eigenvalue weighted by molar-refractivity contribution is 0.0126. The maximum Gasteiger partial charge on any atom is 0.265 e. The van der Waals surface area contributed by atoms with Crippen LogP contribution in [0.2, 0.25) is 0 Å². The molecule has 36 heavy (non-hydrogen) atoms. The molecule has 1 aliphatic rings. The number of imidazole rings is 1. The van der Waals surface area contributed by atoms with Crippen molar-refractivity contribution in [3.63, 3.8) is 0 Å². The molecular weight excluding hydrogens is 450 g/mol. The summed E-state index contributed by atoms with van der Waals surface area (Å²) in [6.45, 7) is 8.91. The van der Waals surface area contributed by atoms with Gasteiger partial charge < -0.3 is 9.72 Å². The summed E-state index contributed by atoms with van der Waals surface area (Å²) in [6, 6.07) is 22.1. The van der Waals surface area contributed by atoms with E-state index >= 15 is 0 Å². The first kappa shape index (κ1) is 23.9. The summed E-state index contributed by atoms with van der Waals surface area (Å²) in [6.07, 6.45) is 0. The molecule has 0 unspecified atom stereocenters. The molecule has 4 aromatic rings. The van der Waals surface area contributed by atoms with Gasteiger partial charge in [0.25, 0.3) is 5.91 Å². The number of aryl methyl sites for hydroxylation is 1. The molecule has 5 rings (SSSR count). The van der Waals surface area contributed by atoms with E-state index in [-0.39, 0.29) is 11.8 Å². The molecular formula is C29H31N5O2. The van der Waals surface area contributed by atoms with Crippen LogP contribution >= 0.6 is 0 Å². The minimum Gasteiger partial charge on any atom is -0.379 e. The van der Waals surface area contributed by atoms with Crippen LogP contribution in [0.25, 0.3) is 33.8 Å². The second-order valence-corrected chi connectivity index (χ2v) is 9.36. The smallest absolute Gasteiger partial charge is 0.265 e. The fourth-order valence-corrected chi connectivity index (χ4v) is 4.28. The van der Waals surface area contributed by atoms with E-state index in [4.69, 9.17) is 14.7 Å². The molecule has 0 spiro atoms. The lowest BCUT2D eigenvalue weighted by atomic mass is 9.99. The van der Waals surface area contributed by atoms with Crippen molar-refractivity contribution in [2.75, 3.05) is 26.3 Å². The molecule has 0 radical (unpaired) electrons. The fraction of sp³-hybridized carbons (Fsp3) is 0.276. The van der Waals surface area contributed by atoms with Gasteiger partial charge in [-0.05, 0) is 48.4 Å². The minimum absolute atomic E-state index is 0.106. The van der Waals surface area contributed by atoms with Gasteiger partial charge in [0.1, 0.15) is 5.82 Å². The third kappa shape index (κ3) is 5.22. The van der Waals surface area contributed by atoms with E-state index in [1.165, 1.54) is 0 Å². The van der Waals surface area contributed by atoms with Gasteiger partial charge in [-0.15, -0.1) is 0 Å². The Balaban J connectivity index is 1.42. The molecule has 1 amide bonds. The Morgan fingerprint density at radius 2 is 1.67 bits per heavy atom. The van der Waals surface area contributed by atoms with Crippen LogP contribution < -0.4 is 5.43 Å². The van der Waals surface area contributed by atoms with Gasteiger partial charge in [0.15, 0.2) is 0 Å². The van der Waals surface area contributed by atoms with Gasteiger partial charge in [-0.1, -0.05) is 50.2 Å². The first-order valence-electron chi connectivity index (χ1n) is 12.4. The fourth-order valence-electron chi connectivity index (χ4n) is 4.28. The van der Waals surface area contributed by atoms with Crippen molar-refractivity contribution in [1.29, 1.82) is 0 Å². The second-order valence-electron chi connectivity index (χ2n) is 9.36. The third-order valence-corrected chi connectivity index (χ3v) is 6.30. The number of hydrogen-bond donors (Lipinski definition) is 2. The van der Waals surface area contributed by atoms with Crippen LogP contribution in [-0.4, -0.2) is 52.2 Å². The Bertz CT molecular complexity index is 1350. The number of hydrogen-bond acceptors (Lipinski definition) is 5.